The first kappa shape index (κ1) is 15.3. The summed E-state index contributed by atoms with van der Waals surface area (Å²) >= 11 is 0. The van der Waals surface area contributed by atoms with Crippen molar-refractivity contribution in [3.8, 4) is 5.75 Å². The van der Waals surface area contributed by atoms with Gasteiger partial charge in [0.2, 0.25) is 0 Å². The Morgan fingerprint density at radius 1 is 1.35 bits per heavy atom. The molecule has 0 spiro atoms. The lowest BCUT2D eigenvalue weighted by Crippen LogP contribution is -2.27. The number of ether oxygens (including phenoxy) is 1. The molecule has 6 nitrogen and oxygen atoms in total. The van der Waals surface area contributed by atoms with Gasteiger partial charge in [-0.15, -0.1) is 0 Å². The normalized spacial score (nSPS) is 12.4. The monoisotopic (exact) mass is 314 g/mol. The fourth-order valence-corrected chi connectivity index (χ4v) is 2.65. The maximum absolute atomic E-state index is 12.7. The molecular formula is C17H18N2O4. The number of methoxy groups -OCH3 is 1. The lowest BCUT2D eigenvalue weighted by Gasteiger charge is -2.15. The minimum absolute atomic E-state index is 0.0445. The molecule has 0 saturated carbocycles. The molecule has 0 aliphatic heterocycles. The first-order valence-electron chi connectivity index (χ1n) is 7.38. The van der Waals surface area contributed by atoms with E-state index in [2.05, 4.69) is 4.98 Å². The number of rotatable bonds is 6. The van der Waals surface area contributed by atoms with Crippen molar-refractivity contribution in [2.45, 2.75) is 13.0 Å². The quantitative estimate of drug-likeness (QED) is 0.751. The van der Waals surface area contributed by atoms with Crippen LogP contribution in [0.25, 0.3) is 10.9 Å². The van der Waals surface area contributed by atoms with Gasteiger partial charge in [-0.05, 0) is 24.3 Å². The molecular weight excluding hydrogens is 296 g/mol. The molecule has 1 N–H and O–H groups in total. The fourth-order valence-electron chi connectivity index (χ4n) is 2.65. The lowest BCUT2D eigenvalue weighted by atomic mass is 10.0. The topological polar surface area (TPSA) is 77.5 Å². The molecule has 3 rings (SSSR count). The van der Waals surface area contributed by atoms with Crippen LogP contribution < -0.4 is 10.3 Å². The summed E-state index contributed by atoms with van der Waals surface area (Å²) in [6.07, 6.45) is 3.66. The predicted octanol–water partition coefficient (Wildman–Crippen LogP) is 1.85. The number of furan rings is 1. The van der Waals surface area contributed by atoms with Crippen molar-refractivity contribution in [2.75, 3.05) is 13.7 Å². The molecule has 2 heterocycles. The fraction of sp³-hybridized carbons (Fsp3) is 0.294. The maximum Gasteiger partial charge on any atom is 0.264 e. The lowest BCUT2D eigenvalue weighted by molar-refractivity contribution is 0.203. The summed E-state index contributed by atoms with van der Waals surface area (Å²) in [5.74, 6) is 1.15. The molecule has 0 bridgehead atoms. The third-order valence-corrected chi connectivity index (χ3v) is 3.82. The number of hydrogen-bond acceptors (Lipinski definition) is 5. The highest BCUT2D eigenvalue weighted by Crippen LogP contribution is 2.20. The summed E-state index contributed by atoms with van der Waals surface area (Å²) in [5, 5.41) is 10.0. The molecule has 0 aliphatic rings. The molecule has 120 valence electrons. The van der Waals surface area contributed by atoms with E-state index in [0.717, 1.165) is 5.76 Å². The van der Waals surface area contributed by atoms with Crippen LogP contribution in [0.3, 0.4) is 0 Å². The van der Waals surface area contributed by atoms with E-state index in [1.807, 2.05) is 6.07 Å². The van der Waals surface area contributed by atoms with Crippen LogP contribution >= 0.6 is 0 Å². The van der Waals surface area contributed by atoms with Gasteiger partial charge in [-0.2, -0.15) is 0 Å². The second kappa shape index (κ2) is 6.66. The largest absolute Gasteiger partial charge is 0.496 e. The Hall–Kier alpha value is -2.60. The predicted molar refractivity (Wildman–Crippen MR) is 85.5 cm³/mol. The summed E-state index contributed by atoms with van der Waals surface area (Å²) < 4.78 is 12.1. The van der Waals surface area contributed by atoms with Crippen molar-refractivity contribution in [1.82, 2.24) is 9.55 Å². The molecule has 0 radical (unpaired) electrons. The minimum Gasteiger partial charge on any atom is -0.496 e. The highest BCUT2D eigenvalue weighted by atomic mass is 16.5. The van der Waals surface area contributed by atoms with Crippen LogP contribution in [0.5, 0.6) is 5.75 Å². The van der Waals surface area contributed by atoms with Crippen molar-refractivity contribution < 1.29 is 14.3 Å². The number of fused-ring (bicyclic) bond motifs is 1. The van der Waals surface area contributed by atoms with Crippen molar-refractivity contribution in [3.05, 3.63) is 59.0 Å². The van der Waals surface area contributed by atoms with Crippen molar-refractivity contribution in [1.29, 1.82) is 0 Å². The zero-order valence-corrected chi connectivity index (χ0v) is 12.8. The van der Waals surface area contributed by atoms with E-state index in [4.69, 9.17) is 9.15 Å². The molecule has 3 aromatic rings. The van der Waals surface area contributed by atoms with Gasteiger partial charge in [0.1, 0.15) is 16.9 Å². The van der Waals surface area contributed by atoms with Gasteiger partial charge in [0.15, 0.2) is 0 Å². The third-order valence-electron chi connectivity index (χ3n) is 3.82. The van der Waals surface area contributed by atoms with Crippen molar-refractivity contribution in [3.63, 3.8) is 0 Å². The highest BCUT2D eigenvalue weighted by Gasteiger charge is 2.15. The number of aromatic nitrogens is 2. The maximum atomic E-state index is 12.7. The van der Waals surface area contributed by atoms with Crippen molar-refractivity contribution in [2.24, 2.45) is 5.92 Å². The zero-order valence-electron chi connectivity index (χ0n) is 12.8. The van der Waals surface area contributed by atoms with E-state index >= 15 is 0 Å². The smallest absolute Gasteiger partial charge is 0.264 e. The number of hydrogen-bond donors (Lipinski definition) is 1. The SMILES string of the molecule is COc1cccc2ncn(C[C@@H](CO)Cc3ccco3)c(=O)c12. The van der Waals surface area contributed by atoms with Gasteiger partial charge in [-0.3, -0.25) is 9.36 Å². The number of nitrogens with zero attached hydrogens (tertiary/aromatic N) is 2. The number of aliphatic hydroxyl groups excluding tert-OH is 1. The Bertz CT molecular complexity index is 839. The molecule has 0 aliphatic carbocycles. The van der Waals surface area contributed by atoms with Gasteiger partial charge < -0.3 is 14.3 Å². The zero-order chi connectivity index (χ0) is 16.2. The summed E-state index contributed by atoms with van der Waals surface area (Å²) in [4.78, 5) is 17.0. The van der Waals surface area contributed by atoms with Crippen LogP contribution in [0.2, 0.25) is 0 Å². The molecule has 0 fully saturated rings. The Kier molecular flexibility index (Phi) is 4.43. The van der Waals surface area contributed by atoms with E-state index in [0.29, 0.717) is 29.6 Å². The molecule has 6 heteroatoms. The van der Waals surface area contributed by atoms with Gasteiger partial charge in [0.25, 0.3) is 5.56 Å². The van der Waals surface area contributed by atoms with Crippen LogP contribution in [0.15, 0.2) is 52.1 Å². The second-order valence-corrected chi connectivity index (χ2v) is 5.39. The standard InChI is InChI=1S/C17H18N2O4/c1-22-15-6-2-5-14-16(15)17(21)19(11-18-14)9-12(10-20)8-13-4-3-7-23-13/h2-7,11-12,20H,8-10H2,1H3/t12-/m0/s1. The minimum atomic E-state index is -0.176. The Morgan fingerprint density at radius 3 is 2.91 bits per heavy atom. The van der Waals surface area contributed by atoms with Gasteiger partial charge in [-0.1, -0.05) is 6.07 Å². The molecule has 0 saturated heterocycles. The van der Waals surface area contributed by atoms with Crippen LogP contribution in [0.1, 0.15) is 5.76 Å². The van der Waals surface area contributed by atoms with Gasteiger partial charge in [0.05, 0.1) is 25.2 Å². The van der Waals surface area contributed by atoms with E-state index in [1.165, 1.54) is 18.0 Å². The average Bonchev–Trinajstić information content (AvgIpc) is 3.09. The molecule has 23 heavy (non-hydrogen) atoms. The van der Waals surface area contributed by atoms with Crippen LogP contribution in [-0.2, 0) is 13.0 Å². The highest BCUT2D eigenvalue weighted by molar-refractivity contribution is 5.83. The van der Waals surface area contributed by atoms with Gasteiger partial charge in [0, 0.05) is 25.5 Å². The first-order chi connectivity index (χ1) is 11.2. The Labute approximate surface area is 133 Å². The molecule has 0 unspecified atom stereocenters. The van der Waals surface area contributed by atoms with Gasteiger partial charge >= 0.3 is 0 Å². The summed E-state index contributed by atoms with van der Waals surface area (Å²) in [6.45, 7) is 0.314. The van der Waals surface area contributed by atoms with E-state index in [1.54, 1.807) is 30.5 Å². The summed E-state index contributed by atoms with van der Waals surface area (Å²) in [6, 6.07) is 8.97. The molecule has 1 aromatic carbocycles. The van der Waals surface area contributed by atoms with E-state index in [-0.39, 0.29) is 18.1 Å². The van der Waals surface area contributed by atoms with Gasteiger partial charge in [-0.25, -0.2) is 4.98 Å². The van der Waals surface area contributed by atoms with Crippen LogP contribution in [-0.4, -0.2) is 28.4 Å². The summed E-state index contributed by atoms with van der Waals surface area (Å²) in [7, 11) is 1.53. The molecule has 2 aromatic heterocycles. The van der Waals surface area contributed by atoms with Crippen molar-refractivity contribution >= 4 is 10.9 Å². The molecule has 1 atom stereocenters. The second-order valence-electron chi connectivity index (χ2n) is 5.39. The average molecular weight is 314 g/mol. The van der Waals surface area contributed by atoms with E-state index in [9.17, 15) is 9.90 Å². The number of benzene rings is 1. The Balaban J connectivity index is 1.93. The number of aliphatic hydroxyl groups is 1. The third kappa shape index (κ3) is 3.12. The summed E-state index contributed by atoms with van der Waals surface area (Å²) in [5.41, 5.74) is 0.419. The molecule has 0 amide bonds. The van der Waals surface area contributed by atoms with E-state index < -0.39 is 0 Å². The van der Waals surface area contributed by atoms with Crippen LogP contribution in [0.4, 0.5) is 0 Å². The van der Waals surface area contributed by atoms with Crippen LogP contribution in [0, 0.1) is 5.92 Å². The first-order valence-corrected chi connectivity index (χ1v) is 7.38. The Morgan fingerprint density at radius 2 is 2.22 bits per heavy atom.